The zero-order valence-corrected chi connectivity index (χ0v) is 11.4. The van der Waals surface area contributed by atoms with Crippen molar-refractivity contribution in [3.8, 4) is 0 Å². The molecule has 1 aliphatic heterocycles. The Hall–Kier alpha value is -1.82. The normalized spacial score (nSPS) is 20.3. The van der Waals surface area contributed by atoms with E-state index < -0.39 is 24.8 Å². The minimum Gasteiger partial charge on any atom is -0.453 e. The third-order valence-corrected chi connectivity index (χ3v) is 3.29. The molecule has 0 radical (unpaired) electrons. The van der Waals surface area contributed by atoms with Crippen LogP contribution in [0.1, 0.15) is 16.8 Å². The smallest absolute Gasteiger partial charge is 0.401 e. The number of alkyl halides is 3. The van der Waals surface area contributed by atoms with E-state index in [2.05, 4.69) is 6.58 Å². The standard InChI is InChI=1S/C15H16F3NO2/c1-11-7-8-19(10-15(16,17)18)9-13(11)21-14(20)12-5-3-2-4-6-12/h2-6,13H,1,7-10H2. The van der Waals surface area contributed by atoms with Crippen molar-refractivity contribution in [2.24, 2.45) is 0 Å². The fourth-order valence-electron chi connectivity index (χ4n) is 2.21. The maximum Gasteiger partial charge on any atom is 0.401 e. The van der Waals surface area contributed by atoms with Crippen molar-refractivity contribution >= 4 is 5.97 Å². The second kappa shape index (κ2) is 6.30. The Morgan fingerprint density at radius 3 is 2.62 bits per heavy atom. The van der Waals surface area contributed by atoms with E-state index in [0.717, 1.165) is 0 Å². The van der Waals surface area contributed by atoms with Gasteiger partial charge in [0, 0.05) is 13.1 Å². The number of rotatable bonds is 3. The number of esters is 1. The number of nitrogens with zero attached hydrogens (tertiary/aromatic N) is 1. The molecular weight excluding hydrogens is 283 g/mol. The molecule has 0 spiro atoms. The zero-order valence-electron chi connectivity index (χ0n) is 11.4. The summed E-state index contributed by atoms with van der Waals surface area (Å²) in [6, 6.07) is 8.36. The number of hydrogen-bond donors (Lipinski definition) is 0. The molecule has 2 rings (SSSR count). The van der Waals surface area contributed by atoms with Gasteiger partial charge in [0.1, 0.15) is 6.10 Å². The number of likely N-dealkylation sites (tertiary alicyclic amines) is 1. The number of halogens is 3. The van der Waals surface area contributed by atoms with Crippen LogP contribution >= 0.6 is 0 Å². The van der Waals surface area contributed by atoms with Crippen molar-refractivity contribution < 1.29 is 22.7 Å². The molecule has 0 N–H and O–H groups in total. The van der Waals surface area contributed by atoms with Gasteiger partial charge in [0.05, 0.1) is 12.1 Å². The van der Waals surface area contributed by atoms with E-state index in [0.29, 0.717) is 17.6 Å². The molecule has 1 fully saturated rings. The first-order valence-electron chi connectivity index (χ1n) is 6.58. The SMILES string of the molecule is C=C1CCN(CC(F)(F)F)CC1OC(=O)c1ccccc1. The van der Waals surface area contributed by atoms with Gasteiger partial charge in [0.2, 0.25) is 0 Å². The van der Waals surface area contributed by atoms with Crippen LogP contribution in [0.25, 0.3) is 0 Å². The van der Waals surface area contributed by atoms with Gasteiger partial charge in [0.15, 0.2) is 0 Å². The van der Waals surface area contributed by atoms with Crippen LogP contribution in [0.4, 0.5) is 13.2 Å². The summed E-state index contributed by atoms with van der Waals surface area (Å²) in [6.45, 7) is 3.09. The van der Waals surface area contributed by atoms with E-state index in [1.54, 1.807) is 30.3 Å². The predicted molar refractivity (Wildman–Crippen MR) is 71.9 cm³/mol. The molecule has 1 aromatic rings. The fourth-order valence-corrected chi connectivity index (χ4v) is 2.21. The molecule has 1 aromatic carbocycles. The van der Waals surface area contributed by atoms with E-state index in [1.165, 1.54) is 4.90 Å². The quantitative estimate of drug-likeness (QED) is 0.634. The van der Waals surface area contributed by atoms with Gasteiger partial charge >= 0.3 is 12.1 Å². The highest BCUT2D eigenvalue weighted by molar-refractivity contribution is 5.89. The topological polar surface area (TPSA) is 29.5 Å². The molecule has 6 heteroatoms. The number of benzene rings is 1. The molecular formula is C15H16F3NO2. The van der Waals surface area contributed by atoms with Crippen LogP contribution in [0.3, 0.4) is 0 Å². The highest BCUT2D eigenvalue weighted by Gasteiger charge is 2.35. The number of carbonyl (C=O) groups is 1. The Morgan fingerprint density at radius 2 is 2.00 bits per heavy atom. The van der Waals surface area contributed by atoms with Crippen LogP contribution in [-0.4, -0.2) is 42.8 Å². The van der Waals surface area contributed by atoms with Gasteiger partial charge < -0.3 is 4.74 Å². The van der Waals surface area contributed by atoms with E-state index in [4.69, 9.17) is 4.74 Å². The van der Waals surface area contributed by atoms with Crippen LogP contribution in [0.2, 0.25) is 0 Å². The van der Waals surface area contributed by atoms with E-state index in [9.17, 15) is 18.0 Å². The van der Waals surface area contributed by atoms with Gasteiger partial charge in [-0.25, -0.2) is 4.79 Å². The second-order valence-electron chi connectivity index (χ2n) is 5.02. The van der Waals surface area contributed by atoms with Crippen molar-refractivity contribution in [2.45, 2.75) is 18.7 Å². The lowest BCUT2D eigenvalue weighted by Gasteiger charge is -2.34. The summed E-state index contributed by atoms with van der Waals surface area (Å²) < 4.78 is 42.5. The summed E-state index contributed by atoms with van der Waals surface area (Å²) in [5.41, 5.74) is 1.02. The lowest BCUT2D eigenvalue weighted by molar-refractivity contribution is -0.149. The van der Waals surface area contributed by atoms with Crippen molar-refractivity contribution in [1.29, 1.82) is 0 Å². The van der Waals surface area contributed by atoms with Gasteiger partial charge in [-0.3, -0.25) is 4.90 Å². The summed E-state index contributed by atoms with van der Waals surface area (Å²) in [4.78, 5) is 13.2. The second-order valence-corrected chi connectivity index (χ2v) is 5.02. The Kier molecular flexibility index (Phi) is 4.67. The molecule has 0 saturated carbocycles. The summed E-state index contributed by atoms with van der Waals surface area (Å²) >= 11 is 0. The number of piperidine rings is 1. The first-order chi connectivity index (χ1) is 9.85. The Labute approximate surface area is 121 Å². The maximum atomic E-state index is 12.4. The minimum atomic E-state index is -4.26. The monoisotopic (exact) mass is 299 g/mol. The molecule has 1 aliphatic rings. The molecule has 0 aromatic heterocycles. The summed E-state index contributed by atoms with van der Waals surface area (Å²) in [5, 5.41) is 0. The predicted octanol–water partition coefficient (Wildman–Crippen LogP) is 3.04. The van der Waals surface area contributed by atoms with Crippen LogP contribution in [-0.2, 0) is 4.74 Å². The molecule has 0 bridgehead atoms. The molecule has 3 nitrogen and oxygen atoms in total. The molecule has 1 heterocycles. The molecule has 1 atom stereocenters. The van der Waals surface area contributed by atoms with Gasteiger partial charge in [-0.2, -0.15) is 13.2 Å². The van der Waals surface area contributed by atoms with E-state index in [-0.39, 0.29) is 13.1 Å². The van der Waals surface area contributed by atoms with Crippen LogP contribution in [0.15, 0.2) is 42.5 Å². The number of carbonyl (C=O) groups excluding carboxylic acids is 1. The maximum absolute atomic E-state index is 12.4. The average molecular weight is 299 g/mol. The number of hydrogen-bond acceptors (Lipinski definition) is 3. The van der Waals surface area contributed by atoms with Crippen molar-refractivity contribution in [3.05, 3.63) is 48.0 Å². The lowest BCUT2D eigenvalue weighted by Crippen LogP contribution is -2.45. The third kappa shape index (κ3) is 4.60. The first kappa shape index (κ1) is 15.6. The summed E-state index contributed by atoms with van der Waals surface area (Å²) in [5.74, 6) is -0.546. The minimum absolute atomic E-state index is 0.0247. The summed E-state index contributed by atoms with van der Waals surface area (Å²) in [6.07, 6.45) is -4.57. The third-order valence-electron chi connectivity index (χ3n) is 3.29. The lowest BCUT2D eigenvalue weighted by atomic mass is 10.0. The van der Waals surface area contributed by atoms with Gasteiger partial charge in [-0.05, 0) is 24.1 Å². The number of ether oxygens (including phenoxy) is 1. The highest BCUT2D eigenvalue weighted by atomic mass is 19.4. The molecule has 1 saturated heterocycles. The molecule has 21 heavy (non-hydrogen) atoms. The first-order valence-corrected chi connectivity index (χ1v) is 6.58. The van der Waals surface area contributed by atoms with Crippen molar-refractivity contribution in [2.75, 3.05) is 19.6 Å². The average Bonchev–Trinajstić information content (AvgIpc) is 2.42. The zero-order chi connectivity index (χ0) is 15.5. The van der Waals surface area contributed by atoms with E-state index >= 15 is 0 Å². The van der Waals surface area contributed by atoms with Crippen LogP contribution < -0.4 is 0 Å². The van der Waals surface area contributed by atoms with Crippen molar-refractivity contribution in [3.63, 3.8) is 0 Å². The Balaban J connectivity index is 1.98. The molecule has 0 amide bonds. The summed E-state index contributed by atoms with van der Waals surface area (Å²) in [7, 11) is 0. The Morgan fingerprint density at radius 1 is 1.33 bits per heavy atom. The molecule has 114 valence electrons. The van der Waals surface area contributed by atoms with E-state index in [1.807, 2.05) is 0 Å². The van der Waals surface area contributed by atoms with Crippen LogP contribution in [0, 0.1) is 0 Å². The fraction of sp³-hybridized carbons (Fsp3) is 0.400. The largest absolute Gasteiger partial charge is 0.453 e. The molecule has 0 aliphatic carbocycles. The van der Waals surface area contributed by atoms with Gasteiger partial charge in [-0.1, -0.05) is 24.8 Å². The van der Waals surface area contributed by atoms with Crippen LogP contribution in [0.5, 0.6) is 0 Å². The van der Waals surface area contributed by atoms with Crippen molar-refractivity contribution in [1.82, 2.24) is 4.90 Å². The van der Waals surface area contributed by atoms with Gasteiger partial charge in [-0.15, -0.1) is 0 Å². The Bertz CT molecular complexity index is 513. The van der Waals surface area contributed by atoms with Gasteiger partial charge in [0.25, 0.3) is 0 Å². The highest BCUT2D eigenvalue weighted by Crippen LogP contribution is 2.23. The molecule has 1 unspecified atom stereocenters.